The monoisotopic (exact) mass is 262 g/mol. The van der Waals surface area contributed by atoms with Gasteiger partial charge in [-0.3, -0.25) is 9.59 Å². The van der Waals surface area contributed by atoms with Crippen LogP contribution < -0.4 is 0 Å². The van der Waals surface area contributed by atoms with Crippen molar-refractivity contribution >= 4 is 11.8 Å². The largest absolute Gasteiger partial charge is 0.460 e. The van der Waals surface area contributed by atoms with Crippen molar-refractivity contribution in [3.63, 3.8) is 0 Å². The quantitative estimate of drug-likeness (QED) is 0.475. The molecule has 1 saturated heterocycles. The molecule has 4 nitrogen and oxygen atoms in total. The average Bonchev–Trinajstić information content (AvgIpc) is 3.07. The van der Waals surface area contributed by atoms with E-state index in [4.69, 9.17) is 9.47 Å². The lowest BCUT2D eigenvalue weighted by molar-refractivity contribution is -0.156. The maximum Gasteiger partial charge on any atom is 0.313 e. The highest BCUT2D eigenvalue weighted by Gasteiger charge is 2.46. The van der Waals surface area contributed by atoms with Crippen molar-refractivity contribution in [1.29, 1.82) is 0 Å². The Labute approximate surface area is 112 Å². The van der Waals surface area contributed by atoms with E-state index in [2.05, 4.69) is 0 Å². The number of hydrogen-bond donors (Lipinski definition) is 0. The third-order valence-electron chi connectivity index (χ3n) is 2.68. The summed E-state index contributed by atoms with van der Waals surface area (Å²) in [6, 6.07) is 9.51. The minimum Gasteiger partial charge on any atom is -0.460 e. The average molecular weight is 262 g/mol. The van der Waals surface area contributed by atoms with Crippen molar-refractivity contribution in [2.45, 2.75) is 45.0 Å². The summed E-state index contributed by atoms with van der Waals surface area (Å²) in [4.78, 5) is 23.4. The van der Waals surface area contributed by atoms with E-state index in [1.54, 1.807) is 20.8 Å². The van der Waals surface area contributed by atoms with Gasteiger partial charge in [0.15, 0.2) is 5.78 Å². The normalized spacial score (nSPS) is 21.8. The molecule has 102 valence electrons. The third kappa shape index (κ3) is 3.89. The minimum absolute atomic E-state index is 0.212. The summed E-state index contributed by atoms with van der Waals surface area (Å²) in [5.41, 5.74) is 0.394. The van der Waals surface area contributed by atoms with Gasteiger partial charge in [0, 0.05) is 0 Å². The van der Waals surface area contributed by atoms with Gasteiger partial charge in [0.2, 0.25) is 0 Å². The van der Waals surface area contributed by atoms with Gasteiger partial charge in [-0.05, 0) is 26.3 Å². The van der Waals surface area contributed by atoms with E-state index in [9.17, 15) is 9.59 Å². The van der Waals surface area contributed by atoms with E-state index in [0.29, 0.717) is 0 Å². The van der Waals surface area contributed by atoms with E-state index < -0.39 is 17.7 Å². The van der Waals surface area contributed by atoms with Gasteiger partial charge in [-0.1, -0.05) is 30.3 Å². The number of Topliss-reactive ketones (excluding diaryl/α,β-unsaturated/α-hetero) is 1. The first-order chi connectivity index (χ1) is 8.87. The molecular formula is C15H18O4. The number of epoxide rings is 1. The van der Waals surface area contributed by atoms with Gasteiger partial charge >= 0.3 is 5.97 Å². The standard InChI is InChI=1S/C15H18O4/c1-15(2,3)19-12(17)9-11(16)14-13(18-14)10-7-5-4-6-8-10/h4-8,13-14H,9H2,1-3H3/t13-,14-/m1/s1. The molecule has 2 atom stereocenters. The molecule has 0 N–H and O–H groups in total. The number of ketones is 1. The molecule has 0 radical (unpaired) electrons. The number of carbonyl (C=O) groups is 2. The molecule has 0 amide bonds. The fourth-order valence-corrected chi connectivity index (χ4v) is 1.87. The summed E-state index contributed by atoms with van der Waals surface area (Å²) in [6.07, 6.45) is -0.947. The molecule has 0 aliphatic carbocycles. The van der Waals surface area contributed by atoms with Gasteiger partial charge in [0.1, 0.15) is 24.2 Å². The third-order valence-corrected chi connectivity index (χ3v) is 2.68. The summed E-state index contributed by atoms with van der Waals surface area (Å²) < 4.78 is 10.5. The van der Waals surface area contributed by atoms with Crippen LogP contribution in [0.5, 0.6) is 0 Å². The number of rotatable bonds is 4. The molecule has 4 heteroatoms. The second-order valence-electron chi connectivity index (χ2n) is 5.62. The van der Waals surface area contributed by atoms with Crippen molar-refractivity contribution in [2.75, 3.05) is 0 Å². The Balaban J connectivity index is 1.85. The van der Waals surface area contributed by atoms with Gasteiger partial charge in [0.05, 0.1) is 0 Å². The van der Waals surface area contributed by atoms with Gasteiger partial charge in [-0.25, -0.2) is 0 Å². The van der Waals surface area contributed by atoms with Crippen LogP contribution in [-0.2, 0) is 19.1 Å². The lowest BCUT2D eigenvalue weighted by atomic mass is 10.1. The summed E-state index contributed by atoms with van der Waals surface area (Å²) in [5, 5.41) is 0. The van der Waals surface area contributed by atoms with Crippen LogP contribution in [0.15, 0.2) is 30.3 Å². The number of hydrogen-bond acceptors (Lipinski definition) is 4. The first-order valence-electron chi connectivity index (χ1n) is 6.32. The number of benzene rings is 1. The molecule has 0 spiro atoms. The zero-order valence-electron chi connectivity index (χ0n) is 11.4. The Kier molecular flexibility index (Phi) is 3.71. The fourth-order valence-electron chi connectivity index (χ4n) is 1.87. The van der Waals surface area contributed by atoms with E-state index in [-0.39, 0.29) is 18.3 Å². The zero-order valence-corrected chi connectivity index (χ0v) is 11.4. The van der Waals surface area contributed by atoms with Crippen LogP contribution in [0.25, 0.3) is 0 Å². The molecule has 0 bridgehead atoms. The summed E-state index contributed by atoms with van der Waals surface area (Å²) in [5.74, 6) is -0.720. The molecule has 19 heavy (non-hydrogen) atoms. The molecule has 1 aliphatic rings. The number of ether oxygens (including phenoxy) is 2. The molecule has 1 aromatic carbocycles. The van der Waals surface area contributed by atoms with E-state index in [1.807, 2.05) is 30.3 Å². The second kappa shape index (κ2) is 5.13. The summed E-state index contributed by atoms with van der Waals surface area (Å²) in [6.45, 7) is 5.32. The molecule has 1 aliphatic heterocycles. The number of carbonyl (C=O) groups excluding carboxylic acids is 2. The Morgan fingerprint density at radius 3 is 2.42 bits per heavy atom. The predicted octanol–water partition coefficient (Wildman–Crippen LogP) is 2.43. The van der Waals surface area contributed by atoms with Crippen LogP contribution in [0.2, 0.25) is 0 Å². The van der Waals surface area contributed by atoms with Gasteiger partial charge in [-0.2, -0.15) is 0 Å². The first-order valence-corrected chi connectivity index (χ1v) is 6.32. The van der Waals surface area contributed by atoms with Gasteiger partial charge in [0.25, 0.3) is 0 Å². The minimum atomic E-state index is -0.569. The van der Waals surface area contributed by atoms with Crippen LogP contribution >= 0.6 is 0 Å². The smallest absolute Gasteiger partial charge is 0.313 e. The molecule has 1 heterocycles. The summed E-state index contributed by atoms with van der Waals surface area (Å²) >= 11 is 0. The summed E-state index contributed by atoms with van der Waals surface area (Å²) in [7, 11) is 0. The van der Waals surface area contributed by atoms with Crippen LogP contribution in [0, 0.1) is 0 Å². The predicted molar refractivity (Wildman–Crippen MR) is 69.5 cm³/mol. The van der Waals surface area contributed by atoms with Crippen LogP contribution in [0.3, 0.4) is 0 Å². The van der Waals surface area contributed by atoms with Crippen molar-refractivity contribution < 1.29 is 19.1 Å². The topological polar surface area (TPSA) is 55.9 Å². The molecule has 2 rings (SSSR count). The van der Waals surface area contributed by atoms with Gasteiger partial charge < -0.3 is 9.47 Å². The van der Waals surface area contributed by atoms with E-state index in [1.165, 1.54) is 0 Å². The maximum atomic E-state index is 11.9. The molecule has 0 unspecified atom stereocenters. The van der Waals surface area contributed by atoms with Crippen molar-refractivity contribution in [3.8, 4) is 0 Å². The van der Waals surface area contributed by atoms with E-state index >= 15 is 0 Å². The first kappa shape index (κ1) is 13.7. The lowest BCUT2D eigenvalue weighted by Gasteiger charge is -2.18. The van der Waals surface area contributed by atoms with Crippen LogP contribution in [0.4, 0.5) is 0 Å². The van der Waals surface area contributed by atoms with Crippen LogP contribution in [-0.4, -0.2) is 23.5 Å². The molecular weight excluding hydrogens is 244 g/mol. The van der Waals surface area contributed by atoms with Gasteiger partial charge in [-0.15, -0.1) is 0 Å². The fraction of sp³-hybridized carbons (Fsp3) is 0.467. The van der Waals surface area contributed by atoms with Crippen LogP contribution in [0.1, 0.15) is 38.9 Å². The zero-order chi connectivity index (χ0) is 14.0. The molecule has 0 saturated carbocycles. The van der Waals surface area contributed by atoms with Crippen molar-refractivity contribution in [1.82, 2.24) is 0 Å². The van der Waals surface area contributed by atoms with E-state index in [0.717, 1.165) is 5.56 Å². The highest BCUT2D eigenvalue weighted by molar-refractivity contribution is 5.99. The molecule has 0 aromatic heterocycles. The Morgan fingerprint density at radius 1 is 1.21 bits per heavy atom. The highest BCUT2D eigenvalue weighted by Crippen LogP contribution is 2.39. The Morgan fingerprint density at radius 2 is 1.84 bits per heavy atom. The second-order valence-corrected chi connectivity index (χ2v) is 5.62. The van der Waals surface area contributed by atoms with Crippen molar-refractivity contribution in [3.05, 3.63) is 35.9 Å². The SMILES string of the molecule is CC(C)(C)OC(=O)CC(=O)[C@H]1O[C@@H]1c1ccccc1. The molecule has 1 fully saturated rings. The highest BCUT2D eigenvalue weighted by atomic mass is 16.6. The number of esters is 1. The molecule has 1 aromatic rings. The van der Waals surface area contributed by atoms with Crippen molar-refractivity contribution in [2.24, 2.45) is 0 Å². The Hall–Kier alpha value is -1.68. The lowest BCUT2D eigenvalue weighted by Crippen LogP contribution is -2.26. The Bertz CT molecular complexity index is 473. The maximum absolute atomic E-state index is 11.9.